The third-order valence-corrected chi connectivity index (χ3v) is 4.22. The Morgan fingerprint density at radius 3 is 2.65 bits per heavy atom. The fraction of sp³-hybridized carbons (Fsp3) is 0.286. The summed E-state index contributed by atoms with van der Waals surface area (Å²) in [6.07, 6.45) is 3.06. The third kappa shape index (κ3) is 4.79. The van der Waals surface area contributed by atoms with Crippen LogP contribution in [0, 0.1) is 0 Å². The van der Waals surface area contributed by atoms with E-state index in [1.807, 2.05) is 43.3 Å². The number of nitrogens with zero attached hydrogens (tertiary/aromatic N) is 1. The van der Waals surface area contributed by atoms with Crippen LogP contribution in [0.15, 0.2) is 65.8 Å². The number of rotatable bonds is 7. The van der Waals surface area contributed by atoms with E-state index < -0.39 is 0 Å². The Morgan fingerprint density at radius 1 is 1.08 bits per heavy atom. The molecule has 3 N–H and O–H groups in total. The molecule has 3 rings (SSSR count). The van der Waals surface area contributed by atoms with Gasteiger partial charge in [-0.1, -0.05) is 36.4 Å². The van der Waals surface area contributed by atoms with Gasteiger partial charge in [-0.3, -0.25) is 4.99 Å². The first-order valence-corrected chi connectivity index (χ1v) is 8.97. The van der Waals surface area contributed by atoms with Crippen molar-refractivity contribution in [3.8, 4) is 5.75 Å². The van der Waals surface area contributed by atoms with Crippen LogP contribution in [-0.2, 0) is 6.42 Å². The van der Waals surface area contributed by atoms with Crippen molar-refractivity contribution in [1.29, 1.82) is 0 Å². The van der Waals surface area contributed by atoms with E-state index in [0.29, 0.717) is 6.54 Å². The fourth-order valence-electron chi connectivity index (χ4n) is 2.89. The lowest BCUT2D eigenvalue weighted by atomic mass is 10.1. The molecule has 2 aromatic carbocycles. The first kappa shape index (κ1) is 17.9. The number of guanidine groups is 1. The first-order chi connectivity index (χ1) is 12.8. The van der Waals surface area contributed by atoms with E-state index in [1.165, 1.54) is 16.5 Å². The summed E-state index contributed by atoms with van der Waals surface area (Å²) >= 11 is 0. The van der Waals surface area contributed by atoms with Gasteiger partial charge in [-0.25, -0.2) is 0 Å². The van der Waals surface area contributed by atoms with Gasteiger partial charge >= 0.3 is 0 Å². The molecule has 1 heterocycles. The molecule has 0 aliphatic heterocycles. The molecule has 0 bridgehead atoms. The average Bonchev–Trinajstić information content (AvgIpc) is 3.08. The molecule has 0 fully saturated rings. The van der Waals surface area contributed by atoms with Crippen molar-refractivity contribution in [2.24, 2.45) is 4.99 Å². The van der Waals surface area contributed by atoms with E-state index in [2.05, 4.69) is 45.0 Å². The number of aromatic amines is 1. The Balaban J connectivity index is 1.43. The zero-order valence-corrected chi connectivity index (χ0v) is 15.3. The Bertz CT molecular complexity index is 841. The summed E-state index contributed by atoms with van der Waals surface area (Å²) in [5, 5.41) is 7.95. The molecule has 26 heavy (non-hydrogen) atoms. The molecule has 0 saturated heterocycles. The van der Waals surface area contributed by atoms with E-state index >= 15 is 0 Å². The number of ether oxygens (including phenoxy) is 1. The summed E-state index contributed by atoms with van der Waals surface area (Å²) in [6, 6.07) is 18.2. The molecule has 0 saturated carbocycles. The molecule has 0 amide bonds. The van der Waals surface area contributed by atoms with E-state index in [1.54, 1.807) is 7.05 Å². The minimum absolute atomic E-state index is 0.0459. The van der Waals surface area contributed by atoms with Crippen LogP contribution in [0.3, 0.4) is 0 Å². The average molecular weight is 350 g/mol. The fourth-order valence-corrected chi connectivity index (χ4v) is 2.89. The number of aliphatic imine (C=N–C) groups is 1. The van der Waals surface area contributed by atoms with Gasteiger partial charge in [-0.05, 0) is 37.1 Å². The molecule has 0 aliphatic carbocycles. The highest BCUT2D eigenvalue weighted by Crippen LogP contribution is 2.17. The largest absolute Gasteiger partial charge is 0.489 e. The molecule has 1 atom stereocenters. The molecule has 5 heteroatoms. The van der Waals surface area contributed by atoms with E-state index in [9.17, 15) is 0 Å². The van der Waals surface area contributed by atoms with Gasteiger partial charge < -0.3 is 20.4 Å². The van der Waals surface area contributed by atoms with Crippen LogP contribution in [0.25, 0.3) is 10.9 Å². The maximum atomic E-state index is 5.87. The molecule has 1 unspecified atom stereocenters. The van der Waals surface area contributed by atoms with Crippen LogP contribution < -0.4 is 15.4 Å². The molecule has 0 radical (unpaired) electrons. The molecule has 3 aromatic rings. The Labute approximate surface area is 154 Å². The number of fused-ring (bicyclic) bond motifs is 1. The maximum Gasteiger partial charge on any atom is 0.191 e. The predicted molar refractivity (Wildman–Crippen MR) is 108 cm³/mol. The normalized spacial score (nSPS) is 12.8. The second-order valence-corrected chi connectivity index (χ2v) is 6.23. The van der Waals surface area contributed by atoms with E-state index in [4.69, 9.17) is 4.74 Å². The highest BCUT2D eigenvalue weighted by molar-refractivity contribution is 5.83. The van der Waals surface area contributed by atoms with Crippen LogP contribution in [0.1, 0.15) is 12.5 Å². The number of aromatic nitrogens is 1. The highest BCUT2D eigenvalue weighted by atomic mass is 16.5. The van der Waals surface area contributed by atoms with Gasteiger partial charge in [0.1, 0.15) is 11.9 Å². The van der Waals surface area contributed by atoms with Crippen LogP contribution in [-0.4, -0.2) is 37.2 Å². The van der Waals surface area contributed by atoms with Gasteiger partial charge in [0.2, 0.25) is 0 Å². The predicted octanol–water partition coefficient (Wildman–Crippen LogP) is 3.34. The molecule has 136 valence electrons. The van der Waals surface area contributed by atoms with Crippen molar-refractivity contribution in [3.05, 3.63) is 66.4 Å². The molecule has 5 nitrogen and oxygen atoms in total. The number of benzene rings is 2. The molecule has 1 aromatic heterocycles. The minimum Gasteiger partial charge on any atom is -0.489 e. The number of H-pyrrole nitrogens is 1. The van der Waals surface area contributed by atoms with Crippen molar-refractivity contribution in [1.82, 2.24) is 15.6 Å². The van der Waals surface area contributed by atoms with Crippen LogP contribution in [0.4, 0.5) is 0 Å². The Hall–Kier alpha value is -2.95. The lowest BCUT2D eigenvalue weighted by molar-refractivity contribution is 0.224. The molecule has 0 aliphatic rings. The summed E-state index contributed by atoms with van der Waals surface area (Å²) in [6.45, 7) is 3.54. The zero-order valence-electron chi connectivity index (χ0n) is 15.3. The quantitative estimate of drug-likeness (QED) is 0.452. The third-order valence-electron chi connectivity index (χ3n) is 4.22. The summed E-state index contributed by atoms with van der Waals surface area (Å²) in [5.74, 6) is 1.66. The van der Waals surface area contributed by atoms with Crippen molar-refractivity contribution in [2.75, 3.05) is 20.1 Å². The van der Waals surface area contributed by atoms with Gasteiger partial charge in [0.05, 0.1) is 6.54 Å². The number of hydrogen-bond acceptors (Lipinski definition) is 2. The smallest absolute Gasteiger partial charge is 0.191 e. The summed E-state index contributed by atoms with van der Waals surface area (Å²) in [4.78, 5) is 7.59. The van der Waals surface area contributed by atoms with E-state index in [0.717, 1.165) is 24.7 Å². The summed E-state index contributed by atoms with van der Waals surface area (Å²) in [7, 11) is 1.78. The van der Waals surface area contributed by atoms with Crippen molar-refractivity contribution in [3.63, 3.8) is 0 Å². The Kier molecular flexibility index (Phi) is 6.14. The second-order valence-electron chi connectivity index (χ2n) is 6.23. The van der Waals surface area contributed by atoms with Crippen molar-refractivity contribution >= 4 is 16.9 Å². The first-order valence-electron chi connectivity index (χ1n) is 8.97. The van der Waals surface area contributed by atoms with Gasteiger partial charge in [-0.15, -0.1) is 0 Å². The number of hydrogen-bond donors (Lipinski definition) is 3. The number of para-hydroxylation sites is 2. The SMILES string of the molecule is CN=C(NCCc1c[nH]c2ccccc12)NCC(C)Oc1ccccc1. The van der Waals surface area contributed by atoms with E-state index in [-0.39, 0.29) is 6.10 Å². The van der Waals surface area contributed by atoms with Crippen molar-refractivity contribution < 1.29 is 4.74 Å². The lowest BCUT2D eigenvalue weighted by Gasteiger charge is -2.17. The minimum atomic E-state index is 0.0459. The van der Waals surface area contributed by atoms with Gasteiger partial charge in [0.15, 0.2) is 5.96 Å². The van der Waals surface area contributed by atoms with Gasteiger partial charge in [-0.2, -0.15) is 0 Å². The number of nitrogens with one attached hydrogen (secondary N) is 3. The summed E-state index contributed by atoms with van der Waals surface area (Å²) in [5.41, 5.74) is 2.49. The zero-order chi connectivity index (χ0) is 18.2. The maximum absolute atomic E-state index is 5.87. The monoisotopic (exact) mass is 350 g/mol. The topological polar surface area (TPSA) is 61.4 Å². The van der Waals surface area contributed by atoms with Gasteiger partial charge in [0, 0.05) is 30.7 Å². The standard InChI is InChI=1S/C21H26N4O/c1-16(26-18-8-4-3-5-9-18)14-25-21(22-2)23-13-12-17-15-24-20-11-7-6-10-19(17)20/h3-11,15-16,24H,12-14H2,1-2H3,(H2,22,23,25). The van der Waals surface area contributed by atoms with Crippen LogP contribution in [0.2, 0.25) is 0 Å². The summed E-state index contributed by atoms with van der Waals surface area (Å²) < 4.78 is 5.87. The van der Waals surface area contributed by atoms with Crippen molar-refractivity contribution in [2.45, 2.75) is 19.4 Å². The Morgan fingerprint density at radius 2 is 1.85 bits per heavy atom. The highest BCUT2D eigenvalue weighted by Gasteiger charge is 2.06. The van der Waals surface area contributed by atoms with Gasteiger partial charge in [0.25, 0.3) is 0 Å². The second kappa shape index (κ2) is 8.94. The van der Waals surface area contributed by atoms with Crippen LogP contribution >= 0.6 is 0 Å². The molecular weight excluding hydrogens is 324 g/mol. The molecule has 0 spiro atoms. The van der Waals surface area contributed by atoms with Crippen LogP contribution in [0.5, 0.6) is 5.75 Å². The molecular formula is C21H26N4O. The lowest BCUT2D eigenvalue weighted by Crippen LogP contribution is -2.42.